The predicted molar refractivity (Wildman–Crippen MR) is 105 cm³/mol. The van der Waals surface area contributed by atoms with Crippen LogP contribution in [-0.4, -0.2) is 46.3 Å². The summed E-state index contributed by atoms with van der Waals surface area (Å²) in [6.45, 7) is -0.579. The Morgan fingerprint density at radius 3 is 2.36 bits per heavy atom. The molecule has 1 amide bonds. The Morgan fingerprint density at radius 2 is 1.79 bits per heavy atom. The zero-order chi connectivity index (χ0) is 20.6. The number of carbonyl (C=O) groups is 2. The molecule has 2 rings (SSSR count). The van der Waals surface area contributed by atoms with E-state index in [2.05, 4.69) is 5.32 Å². The minimum absolute atomic E-state index is 0.0276. The smallest absolute Gasteiger partial charge is 0.323 e. The van der Waals surface area contributed by atoms with Crippen LogP contribution in [-0.2, 0) is 35.0 Å². The number of hydrogen-bond donors (Lipinski definition) is 1. The number of aryl methyl sites for hydroxylation is 1. The van der Waals surface area contributed by atoms with Gasteiger partial charge in [0.2, 0.25) is 5.91 Å². The first-order valence-electron chi connectivity index (χ1n) is 9.54. The maximum atomic E-state index is 13.2. The molecule has 1 aromatic rings. The molecule has 0 aliphatic heterocycles. The minimum Gasteiger partial charge on any atom is -0.468 e. The minimum atomic E-state index is -3.84. The molecule has 28 heavy (non-hydrogen) atoms. The van der Waals surface area contributed by atoms with Crippen LogP contribution in [0, 0.1) is 5.41 Å². The SMILES string of the molecule is COC(=O)C(CCc1ccccc1)(COS(C)(=O)=O)C(=O)NC1CCCCC1. The molecule has 156 valence electrons. The first kappa shape index (κ1) is 22.4. The Hall–Kier alpha value is -1.93. The highest BCUT2D eigenvalue weighted by molar-refractivity contribution is 7.85. The maximum absolute atomic E-state index is 13.2. The van der Waals surface area contributed by atoms with Crippen molar-refractivity contribution < 1.29 is 26.9 Å². The van der Waals surface area contributed by atoms with Gasteiger partial charge in [0.15, 0.2) is 5.41 Å². The fourth-order valence-corrected chi connectivity index (χ4v) is 3.90. The number of methoxy groups -OCH3 is 1. The van der Waals surface area contributed by atoms with Crippen molar-refractivity contribution in [2.24, 2.45) is 5.41 Å². The third-order valence-corrected chi connectivity index (χ3v) is 5.70. The van der Waals surface area contributed by atoms with Gasteiger partial charge in [-0.25, -0.2) is 0 Å². The third kappa shape index (κ3) is 6.31. The van der Waals surface area contributed by atoms with Gasteiger partial charge in [-0.2, -0.15) is 8.42 Å². The van der Waals surface area contributed by atoms with Gasteiger partial charge in [-0.15, -0.1) is 0 Å². The molecule has 0 spiro atoms. The number of rotatable bonds is 9. The summed E-state index contributed by atoms with van der Waals surface area (Å²) in [6.07, 6.45) is 6.22. The van der Waals surface area contributed by atoms with Crippen LogP contribution in [0.4, 0.5) is 0 Å². The van der Waals surface area contributed by atoms with Crippen molar-refractivity contribution in [1.82, 2.24) is 5.32 Å². The number of esters is 1. The second kappa shape index (κ2) is 10.0. The van der Waals surface area contributed by atoms with Crippen molar-refractivity contribution in [3.8, 4) is 0 Å². The molecule has 1 atom stereocenters. The summed E-state index contributed by atoms with van der Waals surface area (Å²) in [4.78, 5) is 25.9. The van der Waals surface area contributed by atoms with Crippen molar-refractivity contribution in [3.05, 3.63) is 35.9 Å². The summed E-state index contributed by atoms with van der Waals surface area (Å²) in [6, 6.07) is 9.35. The van der Waals surface area contributed by atoms with Gasteiger partial charge in [-0.3, -0.25) is 13.8 Å². The third-order valence-electron chi connectivity index (χ3n) is 5.15. The molecule has 1 N–H and O–H groups in total. The van der Waals surface area contributed by atoms with Crippen LogP contribution in [0.1, 0.15) is 44.1 Å². The van der Waals surface area contributed by atoms with Gasteiger partial charge in [-0.1, -0.05) is 49.6 Å². The monoisotopic (exact) mass is 411 g/mol. The summed E-state index contributed by atoms with van der Waals surface area (Å²) >= 11 is 0. The van der Waals surface area contributed by atoms with E-state index in [1.165, 1.54) is 7.11 Å². The average molecular weight is 412 g/mol. The summed E-state index contributed by atoms with van der Waals surface area (Å²) in [7, 11) is -2.65. The van der Waals surface area contributed by atoms with Gasteiger partial charge in [0, 0.05) is 6.04 Å². The number of benzene rings is 1. The van der Waals surface area contributed by atoms with E-state index in [-0.39, 0.29) is 12.5 Å². The Labute approximate surface area is 166 Å². The summed E-state index contributed by atoms with van der Waals surface area (Å²) in [5, 5.41) is 2.93. The number of ether oxygens (including phenoxy) is 1. The number of amides is 1. The molecular formula is C20H29NO6S. The fourth-order valence-electron chi connectivity index (χ4n) is 3.48. The van der Waals surface area contributed by atoms with Gasteiger partial charge >= 0.3 is 5.97 Å². The zero-order valence-corrected chi connectivity index (χ0v) is 17.3. The summed E-state index contributed by atoms with van der Waals surface area (Å²) in [5.74, 6) is -1.33. The molecule has 0 aromatic heterocycles. The molecule has 1 fully saturated rings. The zero-order valence-electron chi connectivity index (χ0n) is 16.5. The largest absolute Gasteiger partial charge is 0.468 e. The first-order valence-corrected chi connectivity index (χ1v) is 11.4. The standard InChI is InChI=1S/C20H29NO6S/c1-26-19(23)20(15-27-28(2,24)25,14-13-16-9-5-3-6-10-16)18(22)21-17-11-7-4-8-12-17/h3,5-6,9-10,17H,4,7-8,11-15H2,1-2H3,(H,21,22). The highest BCUT2D eigenvalue weighted by Gasteiger charge is 2.48. The van der Waals surface area contributed by atoms with Gasteiger partial charge < -0.3 is 10.1 Å². The molecule has 7 nitrogen and oxygen atoms in total. The Bertz CT molecular complexity index is 758. The van der Waals surface area contributed by atoms with Crippen LogP contribution < -0.4 is 5.32 Å². The number of nitrogens with one attached hydrogen (secondary N) is 1. The van der Waals surface area contributed by atoms with Crippen molar-refractivity contribution in [2.75, 3.05) is 20.0 Å². The average Bonchev–Trinajstić information content (AvgIpc) is 2.68. The van der Waals surface area contributed by atoms with E-state index in [1.807, 2.05) is 30.3 Å². The predicted octanol–water partition coefficient (Wildman–Crippen LogP) is 2.20. The van der Waals surface area contributed by atoms with Gasteiger partial charge in [0.1, 0.15) is 0 Å². The first-order chi connectivity index (χ1) is 13.3. The van der Waals surface area contributed by atoms with Gasteiger partial charge in [-0.05, 0) is 31.2 Å². The number of carbonyl (C=O) groups excluding carboxylic acids is 2. The van der Waals surface area contributed by atoms with Crippen molar-refractivity contribution >= 4 is 22.0 Å². The molecule has 0 bridgehead atoms. The fraction of sp³-hybridized carbons (Fsp3) is 0.600. The molecular weight excluding hydrogens is 382 g/mol. The Morgan fingerprint density at radius 1 is 1.14 bits per heavy atom. The molecule has 1 unspecified atom stereocenters. The van der Waals surface area contributed by atoms with Crippen molar-refractivity contribution in [1.29, 1.82) is 0 Å². The lowest BCUT2D eigenvalue weighted by atomic mass is 9.81. The highest BCUT2D eigenvalue weighted by Crippen LogP contribution is 2.29. The molecule has 0 saturated heterocycles. The van der Waals surface area contributed by atoms with E-state index in [4.69, 9.17) is 8.92 Å². The van der Waals surface area contributed by atoms with E-state index < -0.39 is 34.0 Å². The van der Waals surface area contributed by atoms with E-state index >= 15 is 0 Å². The topological polar surface area (TPSA) is 98.8 Å². The van der Waals surface area contributed by atoms with E-state index in [0.717, 1.165) is 43.9 Å². The lowest BCUT2D eigenvalue weighted by Crippen LogP contribution is -2.53. The maximum Gasteiger partial charge on any atom is 0.323 e. The molecule has 1 aliphatic carbocycles. The van der Waals surface area contributed by atoms with Gasteiger partial charge in [0.25, 0.3) is 10.1 Å². The Kier molecular flexibility index (Phi) is 8.00. The van der Waals surface area contributed by atoms with E-state index in [9.17, 15) is 18.0 Å². The quantitative estimate of drug-likeness (QED) is 0.380. The summed E-state index contributed by atoms with van der Waals surface area (Å²) < 4.78 is 33.0. The molecule has 1 aromatic carbocycles. The van der Waals surface area contributed by atoms with Crippen LogP contribution >= 0.6 is 0 Å². The molecule has 1 saturated carbocycles. The molecule has 1 aliphatic rings. The second-order valence-corrected chi connectivity index (χ2v) is 8.98. The van der Waals surface area contributed by atoms with E-state index in [0.29, 0.717) is 6.42 Å². The lowest BCUT2D eigenvalue weighted by molar-refractivity contribution is -0.162. The van der Waals surface area contributed by atoms with E-state index in [1.54, 1.807) is 0 Å². The highest BCUT2D eigenvalue weighted by atomic mass is 32.2. The number of hydrogen-bond acceptors (Lipinski definition) is 6. The van der Waals surface area contributed by atoms with Crippen LogP contribution in [0.3, 0.4) is 0 Å². The van der Waals surface area contributed by atoms with Crippen LogP contribution in [0.5, 0.6) is 0 Å². The van der Waals surface area contributed by atoms with Gasteiger partial charge in [0.05, 0.1) is 20.0 Å². The van der Waals surface area contributed by atoms with Crippen LogP contribution in [0.15, 0.2) is 30.3 Å². The van der Waals surface area contributed by atoms with Crippen LogP contribution in [0.25, 0.3) is 0 Å². The molecule has 8 heteroatoms. The molecule has 0 radical (unpaired) electrons. The van der Waals surface area contributed by atoms with Crippen molar-refractivity contribution in [3.63, 3.8) is 0 Å². The lowest BCUT2D eigenvalue weighted by Gasteiger charge is -2.32. The van der Waals surface area contributed by atoms with Crippen molar-refractivity contribution in [2.45, 2.75) is 51.0 Å². The second-order valence-electron chi connectivity index (χ2n) is 7.33. The normalized spacial score (nSPS) is 17.5. The Balaban J connectivity index is 2.27. The van der Waals surface area contributed by atoms with Crippen LogP contribution in [0.2, 0.25) is 0 Å². The summed E-state index contributed by atoms with van der Waals surface area (Å²) in [5.41, 5.74) is -0.800. The molecule has 0 heterocycles.